The molecule has 0 saturated carbocycles. The molecular formula is C24H24N2O4S. The van der Waals surface area contributed by atoms with Crippen molar-refractivity contribution in [3.05, 3.63) is 83.4 Å². The van der Waals surface area contributed by atoms with Gasteiger partial charge >= 0.3 is 0 Å². The third kappa shape index (κ3) is 4.41. The summed E-state index contributed by atoms with van der Waals surface area (Å²) in [6, 6.07) is 19.4. The first-order chi connectivity index (χ1) is 14.8. The van der Waals surface area contributed by atoms with E-state index in [-0.39, 0.29) is 17.4 Å². The zero-order valence-electron chi connectivity index (χ0n) is 17.5. The Balaban J connectivity index is 1.40. The number of nitrogens with one attached hydrogen (secondary N) is 1. The zero-order valence-corrected chi connectivity index (χ0v) is 18.3. The van der Waals surface area contributed by atoms with Crippen molar-refractivity contribution in [2.75, 3.05) is 22.8 Å². The minimum absolute atomic E-state index is 0.132. The van der Waals surface area contributed by atoms with Crippen molar-refractivity contribution in [1.82, 2.24) is 0 Å². The number of hydrogen-bond acceptors (Lipinski definition) is 4. The van der Waals surface area contributed by atoms with Crippen molar-refractivity contribution in [3.63, 3.8) is 0 Å². The Hall–Kier alpha value is -3.32. The average molecular weight is 437 g/mol. The van der Waals surface area contributed by atoms with Crippen LogP contribution in [-0.2, 0) is 21.2 Å². The molecule has 0 saturated heterocycles. The zero-order chi connectivity index (χ0) is 22.0. The van der Waals surface area contributed by atoms with Gasteiger partial charge in [-0.25, -0.2) is 8.42 Å². The van der Waals surface area contributed by atoms with Gasteiger partial charge in [0.1, 0.15) is 5.75 Å². The van der Waals surface area contributed by atoms with E-state index >= 15 is 0 Å². The first-order valence-electron chi connectivity index (χ1n) is 10.1. The van der Waals surface area contributed by atoms with Crippen LogP contribution in [0.2, 0.25) is 0 Å². The van der Waals surface area contributed by atoms with Crippen LogP contribution in [0.25, 0.3) is 0 Å². The lowest BCUT2D eigenvalue weighted by molar-refractivity contribution is -0.118. The molecule has 3 aromatic carbocycles. The number of fused-ring (bicyclic) bond motifs is 1. The molecule has 1 heterocycles. The summed E-state index contributed by atoms with van der Waals surface area (Å²) >= 11 is 0. The van der Waals surface area contributed by atoms with Crippen LogP contribution < -0.4 is 14.4 Å². The first kappa shape index (κ1) is 20.9. The van der Waals surface area contributed by atoms with Crippen LogP contribution in [0, 0.1) is 13.8 Å². The van der Waals surface area contributed by atoms with E-state index < -0.39 is 10.0 Å². The average Bonchev–Trinajstić information content (AvgIpc) is 3.20. The van der Waals surface area contributed by atoms with Gasteiger partial charge in [0.05, 0.1) is 10.6 Å². The fourth-order valence-corrected chi connectivity index (χ4v) is 5.05. The topological polar surface area (TPSA) is 75.7 Å². The summed E-state index contributed by atoms with van der Waals surface area (Å²) in [6.45, 7) is 4.29. The summed E-state index contributed by atoms with van der Waals surface area (Å²) in [5, 5.41) is 2.73. The van der Waals surface area contributed by atoms with Crippen LogP contribution in [0.3, 0.4) is 0 Å². The molecule has 1 N–H and O–H groups in total. The highest BCUT2D eigenvalue weighted by Gasteiger charge is 2.30. The Kier molecular flexibility index (Phi) is 5.69. The van der Waals surface area contributed by atoms with Gasteiger partial charge in [0.15, 0.2) is 6.61 Å². The van der Waals surface area contributed by atoms with Crippen molar-refractivity contribution in [2.45, 2.75) is 25.2 Å². The minimum atomic E-state index is -3.66. The number of hydrogen-bond donors (Lipinski definition) is 1. The van der Waals surface area contributed by atoms with Crippen LogP contribution in [0.15, 0.2) is 71.6 Å². The molecule has 0 aliphatic carbocycles. The van der Waals surface area contributed by atoms with E-state index in [9.17, 15) is 13.2 Å². The van der Waals surface area contributed by atoms with Crippen molar-refractivity contribution in [3.8, 4) is 5.75 Å². The summed E-state index contributed by atoms with van der Waals surface area (Å²) in [7, 11) is -3.66. The Morgan fingerprint density at radius 2 is 1.74 bits per heavy atom. The standard InChI is InChI=1S/C24H24N2O4S/c1-17-7-10-21(15-18(17)2)30-16-24(27)25-20-8-11-22(12-9-20)31(28,29)26-14-13-19-5-3-4-6-23(19)26/h3-12,15H,13-14,16H2,1-2H3,(H,25,27). The molecule has 0 spiro atoms. The van der Waals surface area contributed by atoms with E-state index in [1.54, 1.807) is 12.1 Å². The van der Waals surface area contributed by atoms with Gasteiger partial charge in [0.25, 0.3) is 15.9 Å². The molecule has 31 heavy (non-hydrogen) atoms. The van der Waals surface area contributed by atoms with Crippen LogP contribution >= 0.6 is 0 Å². The van der Waals surface area contributed by atoms with Gasteiger partial charge in [-0.05, 0) is 79.4 Å². The third-order valence-corrected chi connectivity index (χ3v) is 7.25. The Morgan fingerprint density at radius 3 is 2.48 bits per heavy atom. The van der Waals surface area contributed by atoms with Crippen molar-refractivity contribution >= 4 is 27.3 Å². The predicted molar refractivity (Wildman–Crippen MR) is 121 cm³/mol. The molecule has 0 atom stereocenters. The number of sulfonamides is 1. The second-order valence-electron chi connectivity index (χ2n) is 7.56. The number of anilines is 2. The molecular weight excluding hydrogens is 412 g/mol. The number of amides is 1. The molecule has 0 radical (unpaired) electrons. The van der Waals surface area contributed by atoms with E-state index in [2.05, 4.69) is 5.32 Å². The van der Waals surface area contributed by atoms with E-state index in [4.69, 9.17) is 4.74 Å². The van der Waals surface area contributed by atoms with E-state index in [1.165, 1.54) is 16.4 Å². The van der Waals surface area contributed by atoms with Crippen molar-refractivity contribution in [1.29, 1.82) is 0 Å². The Labute approximate surface area is 182 Å². The van der Waals surface area contributed by atoms with Gasteiger partial charge in [-0.1, -0.05) is 24.3 Å². The summed E-state index contributed by atoms with van der Waals surface area (Å²) in [4.78, 5) is 12.4. The van der Waals surface area contributed by atoms with Crippen LogP contribution in [0.5, 0.6) is 5.75 Å². The lowest BCUT2D eigenvalue weighted by Crippen LogP contribution is -2.29. The number of carbonyl (C=O) groups excluding carboxylic acids is 1. The van der Waals surface area contributed by atoms with Crippen molar-refractivity contribution < 1.29 is 17.9 Å². The SMILES string of the molecule is Cc1ccc(OCC(=O)Nc2ccc(S(=O)(=O)N3CCc4ccccc43)cc2)cc1C. The number of benzene rings is 3. The lowest BCUT2D eigenvalue weighted by Gasteiger charge is -2.19. The fourth-order valence-electron chi connectivity index (χ4n) is 3.54. The monoisotopic (exact) mass is 436 g/mol. The minimum Gasteiger partial charge on any atom is -0.484 e. The molecule has 1 amide bonds. The van der Waals surface area contributed by atoms with Gasteiger partial charge in [-0.2, -0.15) is 0 Å². The Bertz CT molecular complexity index is 1220. The van der Waals surface area contributed by atoms with Crippen LogP contribution in [-0.4, -0.2) is 27.5 Å². The molecule has 7 heteroatoms. The van der Waals surface area contributed by atoms with E-state index in [0.29, 0.717) is 24.4 Å². The molecule has 0 bridgehead atoms. The predicted octanol–water partition coefficient (Wildman–Crippen LogP) is 4.07. The first-order valence-corrected chi connectivity index (χ1v) is 11.5. The summed E-state index contributed by atoms with van der Waals surface area (Å²) in [5.74, 6) is 0.313. The second kappa shape index (κ2) is 8.43. The number of para-hydroxylation sites is 1. The van der Waals surface area contributed by atoms with Crippen molar-refractivity contribution in [2.24, 2.45) is 0 Å². The van der Waals surface area contributed by atoms with Crippen LogP contribution in [0.4, 0.5) is 11.4 Å². The number of nitrogens with zero attached hydrogens (tertiary/aromatic N) is 1. The van der Waals surface area contributed by atoms with E-state index in [0.717, 1.165) is 22.4 Å². The van der Waals surface area contributed by atoms with Gasteiger partial charge < -0.3 is 10.1 Å². The number of carbonyl (C=O) groups is 1. The normalized spacial score (nSPS) is 13.0. The smallest absolute Gasteiger partial charge is 0.264 e. The Morgan fingerprint density at radius 1 is 1.00 bits per heavy atom. The largest absolute Gasteiger partial charge is 0.484 e. The summed E-state index contributed by atoms with van der Waals surface area (Å²) in [6.07, 6.45) is 0.698. The van der Waals surface area contributed by atoms with Gasteiger partial charge in [-0.3, -0.25) is 9.10 Å². The maximum atomic E-state index is 13.1. The summed E-state index contributed by atoms with van der Waals surface area (Å²) in [5.41, 5.74) is 4.51. The van der Waals surface area contributed by atoms with Crippen LogP contribution in [0.1, 0.15) is 16.7 Å². The molecule has 0 fully saturated rings. The molecule has 6 nitrogen and oxygen atoms in total. The molecule has 160 valence electrons. The maximum Gasteiger partial charge on any atom is 0.264 e. The second-order valence-corrected chi connectivity index (χ2v) is 9.43. The molecule has 0 aromatic heterocycles. The number of ether oxygens (including phenoxy) is 1. The number of rotatable bonds is 6. The maximum absolute atomic E-state index is 13.1. The third-order valence-electron chi connectivity index (χ3n) is 5.42. The summed E-state index contributed by atoms with van der Waals surface area (Å²) < 4.78 is 33.1. The number of aryl methyl sites for hydroxylation is 2. The molecule has 0 unspecified atom stereocenters. The molecule has 1 aliphatic heterocycles. The quantitative estimate of drug-likeness (QED) is 0.632. The van der Waals surface area contributed by atoms with E-state index in [1.807, 2.05) is 56.3 Å². The van der Waals surface area contributed by atoms with Gasteiger partial charge in [0.2, 0.25) is 0 Å². The highest BCUT2D eigenvalue weighted by atomic mass is 32.2. The highest BCUT2D eigenvalue weighted by Crippen LogP contribution is 2.32. The fraction of sp³-hybridized carbons (Fsp3) is 0.208. The molecule has 1 aliphatic rings. The van der Waals surface area contributed by atoms with Gasteiger partial charge in [0, 0.05) is 12.2 Å². The molecule has 4 rings (SSSR count). The van der Waals surface area contributed by atoms with Gasteiger partial charge in [-0.15, -0.1) is 0 Å². The highest BCUT2D eigenvalue weighted by molar-refractivity contribution is 7.92. The lowest BCUT2D eigenvalue weighted by atomic mass is 10.1. The molecule has 3 aromatic rings.